The van der Waals surface area contributed by atoms with Gasteiger partial charge in [0.15, 0.2) is 0 Å². The Morgan fingerprint density at radius 3 is 2.59 bits per heavy atom. The average molecular weight is 395 g/mol. The molecular weight excluding hydrogens is 382 g/mol. The molecule has 29 heavy (non-hydrogen) atoms. The van der Waals surface area contributed by atoms with E-state index >= 15 is 0 Å². The van der Waals surface area contributed by atoms with Crippen molar-refractivity contribution in [3.05, 3.63) is 84.9 Å². The van der Waals surface area contributed by atoms with Gasteiger partial charge in [0, 0.05) is 5.39 Å². The highest BCUT2D eigenvalue weighted by Crippen LogP contribution is 2.32. The van der Waals surface area contributed by atoms with Gasteiger partial charge in [0.2, 0.25) is 5.55 Å². The summed E-state index contributed by atoms with van der Waals surface area (Å²) in [4.78, 5) is 4.82. The summed E-state index contributed by atoms with van der Waals surface area (Å²) in [5.41, 5.74) is 3.02. The van der Waals surface area contributed by atoms with E-state index in [1.54, 1.807) is 11.3 Å². The molecule has 7 heteroatoms. The standard InChI is InChI=1S/C22H13N5OS/c1-2-6-15-14(5-1)9-10-19-16(15)11-17(21(28-19)26-27-12-23-24-13-27)22-25-18-7-3-4-8-20(18)29-22/h1-13H/b26-21-. The highest BCUT2D eigenvalue weighted by Gasteiger charge is 2.13. The Morgan fingerprint density at radius 1 is 0.862 bits per heavy atom. The zero-order valence-electron chi connectivity index (χ0n) is 15.1. The molecule has 3 aromatic heterocycles. The van der Waals surface area contributed by atoms with Crippen LogP contribution in [0.1, 0.15) is 0 Å². The van der Waals surface area contributed by atoms with Gasteiger partial charge in [0.05, 0.1) is 15.8 Å². The molecule has 0 spiro atoms. The molecule has 0 radical (unpaired) electrons. The van der Waals surface area contributed by atoms with E-state index in [9.17, 15) is 0 Å². The van der Waals surface area contributed by atoms with Crippen LogP contribution in [0.4, 0.5) is 0 Å². The first-order valence-electron chi connectivity index (χ1n) is 9.06. The summed E-state index contributed by atoms with van der Waals surface area (Å²) >= 11 is 1.62. The van der Waals surface area contributed by atoms with E-state index in [1.807, 2.05) is 36.4 Å². The van der Waals surface area contributed by atoms with Crippen LogP contribution in [0.2, 0.25) is 0 Å². The van der Waals surface area contributed by atoms with Gasteiger partial charge in [-0.15, -0.1) is 26.6 Å². The van der Waals surface area contributed by atoms with E-state index in [1.165, 1.54) is 17.3 Å². The highest BCUT2D eigenvalue weighted by atomic mass is 32.1. The van der Waals surface area contributed by atoms with E-state index < -0.39 is 0 Å². The molecule has 0 saturated heterocycles. The monoisotopic (exact) mass is 395 g/mol. The minimum Gasteiger partial charge on any atom is -0.436 e. The van der Waals surface area contributed by atoms with Crippen molar-refractivity contribution in [1.29, 1.82) is 0 Å². The van der Waals surface area contributed by atoms with Crippen LogP contribution in [0.3, 0.4) is 0 Å². The molecule has 0 aliphatic rings. The van der Waals surface area contributed by atoms with E-state index in [-0.39, 0.29) is 0 Å². The maximum absolute atomic E-state index is 6.25. The SMILES string of the molecule is c1ccc2c(c1)ccc1o/c(=N\n3cnnc3)c(-c3nc4ccccc4s3)cc12. The van der Waals surface area contributed by atoms with Crippen LogP contribution >= 0.6 is 11.3 Å². The van der Waals surface area contributed by atoms with Gasteiger partial charge in [-0.05, 0) is 35.0 Å². The second kappa shape index (κ2) is 6.35. The summed E-state index contributed by atoms with van der Waals surface area (Å²) in [5.74, 6) is 0. The summed E-state index contributed by atoms with van der Waals surface area (Å²) < 4.78 is 8.90. The minimum absolute atomic E-state index is 0.464. The van der Waals surface area contributed by atoms with E-state index in [4.69, 9.17) is 9.40 Å². The van der Waals surface area contributed by atoms with E-state index in [2.05, 4.69) is 45.6 Å². The van der Waals surface area contributed by atoms with Gasteiger partial charge >= 0.3 is 0 Å². The summed E-state index contributed by atoms with van der Waals surface area (Å²) in [5, 5.41) is 16.4. The Kier molecular flexibility index (Phi) is 3.54. The predicted molar refractivity (Wildman–Crippen MR) is 113 cm³/mol. The van der Waals surface area contributed by atoms with Crippen LogP contribution in [0, 0.1) is 0 Å². The molecule has 6 nitrogen and oxygen atoms in total. The van der Waals surface area contributed by atoms with Gasteiger partial charge in [-0.1, -0.05) is 42.5 Å². The topological polar surface area (TPSA) is 69.1 Å². The van der Waals surface area contributed by atoms with Gasteiger partial charge < -0.3 is 4.42 Å². The molecule has 3 aromatic carbocycles. The van der Waals surface area contributed by atoms with Crippen LogP contribution in [0.25, 0.3) is 42.5 Å². The second-order valence-corrected chi connectivity index (χ2v) is 7.62. The fraction of sp³-hybridized carbons (Fsp3) is 0. The normalized spacial score (nSPS) is 12.3. The Labute approximate surface area is 168 Å². The number of nitrogens with zero attached hydrogens (tertiary/aromatic N) is 5. The Bertz CT molecular complexity index is 1530. The third-order valence-electron chi connectivity index (χ3n) is 4.79. The number of hydrogen-bond donors (Lipinski definition) is 0. The number of para-hydroxylation sites is 1. The molecule has 0 atom stereocenters. The molecule has 6 rings (SSSR count). The first-order valence-corrected chi connectivity index (χ1v) is 9.88. The van der Waals surface area contributed by atoms with Crippen LogP contribution < -0.4 is 5.55 Å². The average Bonchev–Trinajstić information content (AvgIpc) is 3.42. The molecule has 0 aliphatic carbocycles. The zero-order valence-corrected chi connectivity index (χ0v) is 15.9. The largest absolute Gasteiger partial charge is 0.436 e. The van der Waals surface area contributed by atoms with Crippen molar-refractivity contribution in [2.75, 3.05) is 0 Å². The Balaban J connectivity index is 1.72. The first-order chi connectivity index (χ1) is 14.3. The number of rotatable bonds is 2. The summed E-state index contributed by atoms with van der Waals surface area (Å²) in [6, 6.07) is 22.5. The maximum atomic E-state index is 6.25. The lowest BCUT2D eigenvalue weighted by Crippen LogP contribution is -2.08. The third-order valence-corrected chi connectivity index (χ3v) is 5.86. The van der Waals surface area contributed by atoms with Gasteiger partial charge in [-0.3, -0.25) is 0 Å². The highest BCUT2D eigenvalue weighted by molar-refractivity contribution is 7.21. The second-order valence-electron chi connectivity index (χ2n) is 6.59. The van der Waals surface area contributed by atoms with Gasteiger partial charge in [0.25, 0.3) is 0 Å². The number of thiazole rings is 1. The van der Waals surface area contributed by atoms with Gasteiger partial charge in [0.1, 0.15) is 23.2 Å². The van der Waals surface area contributed by atoms with Crippen LogP contribution in [0.5, 0.6) is 0 Å². The van der Waals surface area contributed by atoms with Crippen molar-refractivity contribution in [3.63, 3.8) is 0 Å². The molecule has 138 valence electrons. The van der Waals surface area contributed by atoms with Crippen molar-refractivity contribution in [2.45, 2.75) is 0 Å². The molecule has 0 aliphatic heterocycles. The Hall–Kier alpha value is -3.84. The molecular formula is C22H13N5OS. The molecule has 0 amide bonds. The van der Waals surface area contributed by atoms with Crippen LogP contribution in [-0.4, -0.2) is 19.9 Å². The predicted octanol–water partition coefficient (Wildman–Crippen LogP) is 4.82. The van der Waals surface area contributed by atoms with Gasteiger partial charge in [-0.25, -0.2) is 9.66 Å². The van der Waals surface area contributed by atoms with Crippen molar-refractivity contribution in [1.82, 2.24) is 19.9 Å². The zero-order chi connectivity index (χ0) is 19.2. The summed E-state index contributed by atoms with van der Waals surface area (Å²) in [7, 11) is 0. The lowest BCUT2D eigenvalue weighted by molar-refractivity contribution is 0.526. The molecule has 0 saturated carbocycles. The smallest absolute Gasteiger partial charge is 0.247 e. The lowest BCUT2D eigenvalue weighted by atomic mass is 10.0. The fourth-order valence-electron chi connectivity index (χ4n) is 3.45. The number of hydrogen-bond acceptors (Lipinski definition) is 6. The molecule has 0 unspecified atom stereocenters. The van der Waals surface area contributed by atoms with Crippen molar-refractivity contribution >= 4 is 43.3 Å². The molecule has 6 aromatic rings. The fourth-order valence-corrected chi connectivity index (χ4v) is 4.42. The third kappa shape index (κ3) is 2.71. The Morgan fingerprint density at radius 2 is 1.69 bits per heavy atom. The quantitative estimate of drug-likeness (QED) is 0.394. The van der Waals surface area contributed by atoms with Crippen molar-refractivity contribution < 1.29 is 4.42 Å². The van der Waals surface area contributed by atoms with E-state index in [0.717, 1.165) is 42.5 Å². The van der Waals surface area contributed by atoms with Crippen molar-refractivity contribution in [3.8, 4) is 10.6 Å². The summed E-state index contributed by atoms with van der Waals surface area (Å²) in [6.07, 6.45) is 3.06. The van der Waals surface area contributed by atoms with E-state index in [0.29, 0.717) is 5.55 Å². The van der Waals surface area contributed by atoms with Crippen molar-refractivity contribution in [2.24, 2.45) is 5.10 Å². The molecule has 3 heterocycles. The lowest BCUT2D eigenvalue weighted by Gasteiger charge is -2.06. The summed E-state index contributed by atoms with van der Waals surface area (Å²) in [6.45, 7) is 0. The maximum Gasteiger partial charge on any atom is 0.247 e. The number of fused-ring (bicyclic) bond motifs is 4. The first kappa shape index (κ1) is 16.1. The van der Waals surface area contributed by atoms with Crippen LogP contribution in [0.15, 0.2) is 88.9 Å². The van der Waals surface area contributed by atoms with Crippen LogP contribution in [-0.2, 0) is 0 Å². The minimum atomic E-state index is 0.464. The molecule has 0 fully saturated rings. The molecule has 0 bridgehead atoms. The number of benzene rings is 3. The molecule has 0 N–H and O–H groups in total. The van der Waals surface area contributed by atoms with Gasteiger partial charge in [-0.2, -0.15) is 0 Å². The number of aromatic nitrogens is 4.